The summed E-state index contributed by atoms with van der Waals surface area (Å²) in [7, 11) is 1.34. The summed E-state index contributed by atoms with van der Waals surface area (Å²) in [6, 6.07) is 5.89. The minimum Gasteiger partial charge on any atom is -0.494 e. The van der Waals surface area contributed by atoms with Gasteiger partial charge in [0.25, 0.3) is 0 Å². The second kappa shape index (κ2) is 14.5. The van der Waals surface area contributed by atoms with Crippen LogP contribution < -0.4 is 15.2 Å². The molecule has 28 heavy (non-hydrogen) atoms. The number of esters is 1. The molecule has 1 aliphatic rings. The molecule has 7 nitrogen and oxygen atoms in total. The van der Waals surface area contributed by atoms with E-state index in [4.69, 9.17) is 24.7 Å². The van der Waals surface area contributed by atoms with Crippen LogP contribution in [0.4, 0.5) is 0 Å². The predicted molar refractivity (Wildman–Crippen MR) is 108 cm³/mol. The molecule has 0 saturated heterocycles. The maximum Gasteiger partial charge on any atom is 0.331 e. The van der Waals surface area contributed by atoms with E-state index in [1.165, 1.54) is 7.11 Å². The number of unbranched alkanes of at least 4 members (excludes halogenated alkanes) is 2. The van der Waals surface area contributed by atoms with E-state index in [2.05, 4.69) is 4.74 Å². The largest absolute Gasteiger partial charge is 0.494 e. The van der Waals surface area contributed by atoms with E-state index >= 15 is 0 Å². The van der Waals surface area contributed by atoms with Crippen LogP contribution in [0.5, 0.6) is 11.5 Å². The van der Waals surface area contributed by atoms with Crippen LogP contribution in [-0.2, 0) is 19.0 Å². The highest BCUT2D eigenvalue weighted by Gasteiger charge is 2.18. The van der Waals surface area contributed by atoms with Crippen LogP contribution in [0, 0.1) is 0 Å². The lowest BCUT2D eigenvalue weighted by Crippen LogP contribution is -2.20. The van der Waals surface area contributed by atoms with E-state index in [-0.39, 0.29) is 31.0 Å². The third-order valence-electron chi connectivity index (χ3n) is 4.29. The molecule has 8 heteroatoms. The van der Waals surface area contributed by atoms with Gasteiger partial charge in [-0.3, -0.25) is 0 Å². The molecule has 0 aromatic heterocycles. The van der Waals surface area contributed by atoms with Crippen molar-refractivity contribution in [3.8, 4) is 11.5 Å². The van der Waals surface area contributed by atoms with Gasteiger partial charge in [-0.15, -0.1) is 12.4 Å². The molecule has 1 aliphatic heterocycles. The lowest BCUT2D eigenvalue weighted by Gasteiger charge is -2.23. The highest BCUT2D eigenvalue weighted by molar-refractivity contribution is 5.85. The smallest absolute Gasteiger partial charge is 0.331 e. The Morgan fingerprint density at radius 2 is 1.86 bits per heavy atom. The fraction of sp³-hybridized carbons (Fsp3) is 0.650. The molecule has 0 fully saturated rings. The first-order valence-corrected chi connectivity index (χ1v) is 9.58. The molecule has 0 amide bonds. The number of benzene rings is 1. The van der Waals surface area contributed by atoms with Crippen LogP contribution in [0.2, 0.25) is 0 Å². The van der Waals surface area contributed by atoms with Crippen molar-refractivity contribution >= 4 is 18.4 Å². The van der Waals surface area contributed by atoms with Crippen molar-refractivity contribution in [1.82, 2.24) is 0 Å². The minimum absolute atomic E-state index is 0. The average molecular weight is 418 g/mol. The van der Waals surface area contributed by atoms with Crippen molar-refractivity contribution in [1.29, 1.82) is 0 Å². The molecule has 160 valence electrons. The Bertz CT molecular complexity index is 572. The highest BCUT2D eigenvalue weighted by Crippen LogP contribution is 2.33. The Morgan fingerprint density at radius 1 is 1.11 bits per heavy atom. The van der Waals surface area contributed by atoms with E-state index in [9.17, 15) is 4.79 Å². The van der Waals surface area contributed by atoms with Crippen molar-refractivity contribution in [2.24, 2.45) is 5.73 Å². The number of hydrogen-bond acceptors (Lipinski definition) is 7. The molecule has 2 rings (SSSR count). The quantitative estimate of drug-likeness (QED) is 0.389. The number of fused-ring (bicyclic) bond motifs is 1. The summed E-state index contributed by atoms with van der Waals surface area (Å²) in [4.78, 5) is 10.8. The second-order valence-electron chi connectivity index (χ2n) is 6.45. The van der Waals surface area contributed by atoms with E-state index in [0.29, 0.717) is 26.4 Å². The Morgan fingerprint density at radius 3 is 2.68 bits per heavy atom. The Hall–Kier alpha value is -1.54. The SMILES string of the molecule is COC(=O)COCCCOCCCCCOc1ccc2c(c1)C(N)CCO2.Cl. The Kier molecular flexibility index (Phi) is 12.6. The van der Waals surface area contributed by atoms with Crippen molar-refractivity contribution in [3.63, 3.8) is 0 Å². The van der Waals surface area contributed by atoms with Crippen molar-refractivity contribution in [3.05, 3.63) is 23.8 Å². The summed E-state index contributed by atoms with van der Waals surface area (Å²) in [5, 5.41) is 0. The van der Waals surface area contributed by atoms with Crippen LogP contribution in [0.15, 0.2) is 18.2 Å². The standard InChI is InChI=1S/C20H31NO6.ClH/c1-23-20(22)15-25-11-5-10-24-9-3-2-4-12-26-16-6-7-19-17(14-16)18(21)8-13-27-19;/h6-7,14,18H,2-5,8-13,15,21H2,1H3;1H. The van der Waals surface area contributed by atoms with Crippen molar-refractivity contribution in [2.75, 3.05) is 46.8 Å². The van der Waals surface area contributed by atoms with Crippen LogP contribution in [0.25, 0.3) is 0 Å². The molecular weight excluding hydrogens is 386 g/mol. The minimum atomic E-state index is -0.357. The van der Waals surface area contributed by atoms with E-state index in [1.807, 2.05) is 18.2 Å². The average Bonchev–Trinajstić information content (AvgIpc) is 2.69. The van der Waals surface area contributed by atoms with Crippen LogP contribution in [0.3, 0.4) is 0 Å². The zero-order valence-electron chi connectivity index (χ0n) is 16.5. The monoisotopic (exact) mass is 417 g/mol. The number of hydrogen-bond donors (Lipinski definition) is 1. The van der Waals surface area contributed by atoms with Crippen LogP contribution in [0.1, 0.15) is 43.7 Å². The van der Waals surface area contributed by atoms with Crippen LogP contribution >= 0.6 is 12.4 Å². The molecule has 1 heterocycles. The molecule has 1 atom stereocenters. The molecule has 0 radical (unpaired) electrons. The molecule has 0 saturated carbocycles. The summed E-state index contributed by atoms with van der Waals surface area (Å²) in [6.07, 6.45) is 4.63. The number of halogens is 1. The fourth-order valence-electron chi connectivity index (χ4n) is 2.74. The summed E-state index contributed by atoms with van der Waals surface area (Å²) in [5.74, 6) is 1.36. The first kappa shape index (κ1) is 24.5. The zero-order chi connectivity index (χ0) is 19.3. The number of carbonyl (C=O) groups is 1. The fourth-order valence-corrected chi connectivity index (χ4v) is 2.74. The topological polar surface area (TPSA) is 89.2 Å². The van der Waals surface area contributed by atoms with Gasteiger partial charge in [-0.1, -0.05) is 0 Å². The molecular formula is C20H32ClNO6. The Balaban J connectivity index is 0.00000392. The summed E-state index contributed by atoms with van der Waals surface area (Å²) >= 11 is 0. The first-order chi connectivity index (χ1) is 13.2. The number of nitrogens with two attached hydrogens (primary N) is 1. The van der Waals surface area contributed by atoms with Crippen LogP contribution in [-0.4, -0.2) is 52.7 Å². The van der Waals surface area contributed by atoms with Crippen molar-refractivity contribution < 1.29 is 28.5 Å². The maximum atomic E-state index is 10.8. The van der Waals surface area contributed by atoms with Gasteiger partial charge >= 0.3 is 5.97 Å². The highest BCUT2D eigenvalue weighted by atomic mass is 35.5. The number of ether oxygens (including phenoxy) is 5. The van der Waals surface area contributed by atoms with Crippen molar-refractivity contribution in [2.45, 2.75) is 38.1 Å². The molecule has 1 aromatic carbocycles. The molecule has 1 unspecified atom stereocenters. The van der Waals surface area contributed by atoms with Gasteiger partial charge in [-0.25, -0.2) is 4.79 Å². The maximum absolute atomic E-state index is 10.8. The summed E-state index contributed by atoms with van der Waals surface area (Å²) in [5.41, 5.74) is 7.15. The zero-order valence-corrected chi connectivity index (χ0v) is 17.3. The van der Waals surface area contributed by atoms with Gasteiger partial charge < -0.3 is 29.4 Å². The summed E-state index contributed by atoms with van der Waals surface area (Å²) < 4.78 is 26.6. The number of rotatable bonds is 13. The molecule has 0 aliphatic carbocycles. The van der Waals surface area contributed by atoms with E-state index in [1.54, 1.807) is 0 Å². The Labute approximate surface area is 173 Å². The molecule has 2 N–H and O–H groups in total. The molecule has 1 aromatic rings. The van der Waals surface area contributed by atoms with Gasteiger partial charge in [-0.05, 0) is 43.9 Å². The second-order valence-corrected chi connectivity index (χ2v) is 6.45. The lowest BCUT2D eigenvalue weighted by atomic mass is 10.0. The van der Waals surface area contributed by atoms with E-state index in [0.717, 1.165) is 55.8 Å². The summed E-state index contributed by atoms with van der Waals surface area (Å²) in [6.45, 7) is 3.21. The normalized spacial score (nSPS) is 15.1. The number of carbonyl (C=O) groups excluding carboxylic acids is 1. The van der Waals surface area contributed by atoms with Gasteiger partial charge in [0.1, 0.15) is 18.1 Å². The third-order valence-corrected chi connectivity index (χ3v) is 4.29. The first-order valence-electron chi connectivity index (χ1n) is 9.58. The lowest BCUT2D eigenvalue weighted by molar-refractivity contribution is -0.146. The van der Waals surface area contributed by atoms with E-state index < -0.39 is 0 Å². The molecule has 0 spiro atoms. The molecule has 0 bridgehead atoms. The van der Waals surface area contributed by atoms with Gasteiger partial charge in [0.15, 0.2) is 0 Å². The predicted octanol–water partition coefficient (Wildman–Crippen LogP) is 3.04. The van der Waals surface area contributed by atoms with Gasteiger partial charge in [0, 0.05) is 37.8 Å². The van der Waals surface area contributed by atoms with Gasteiger partial charge in [-0.2, -0.15) is 0 Å². The third kappa shape index (κ3) is 9.10. The van der Waals surface area contributed by atoms with Gasteiger partial charge in [0.2, 0.25) is 0 Å². The van der Waals surface area contributed by atoms with Gasteiger partial charge in [0.05, 0.1) is 20.3 Å². The number of methoxy groups -OCH3 is 1.